The van der Waals surface area contributed by atoms with Gasteiger partial charge in [-0.25, -0.2) is 0 Å². The molecule has 2 aliphatic carbocycles. The molecular formula is C50H32OS. The van der Waals surface area contributed by atoms with Crippen LogP contribution in [0, 0.1) is 5.92 Å². The highest BCUT2D eigenvalue weighted by molar-refractivity contribution is 7.26. The van der Waals surface area contributed by atoms with Gasteiger partial charge in [-0.15, -0.1) is 11.3 Å². The van der Waals surface area contributed by atoms with Crippen LogP contribution in [0.5, 0.6) is 0 Å². The summed E-state index contributed by atoms with van der Waals surface area (Å²) in [6, 6.07) is 53.9. The van der Waals surface area contributed by atoms with E-state index in [2.05, 4.69) is 170 Å². The highest BCUT2D eigenvalue weighted by Crippen LogP contribution is 2.54. The fourth-order valence-electron chi connectivity index (χ4n) is 9.20. The van der Waals surface area contributed by atoms with Crippen molar-refractivity contribution in [3.8, 4) is 22.3 Å². The number of thiophene rings is 1. The SMILES string of the molecule is C1=CC2=C(c3ccoc3)c3ccccc3C(c3cccc4sc5c(-c6c7ccccc7c(-c7ccccc7)c7ccccc67)cccc5c34)C2C=C1. The summed E-state index contributed by atoms with van der Waals surface area (Å²) in [4.78, 5) is 0. The number of hydrogen-bond acceptors (Lipinski definition) is 2. The average Bonchev–Trinajstić information content (AvgIpc) is 3.88. The van der Waals surface area contributed by atoms with Crippen molar-refractivity contribution in [1.29, 1.82) is 0 Å². The molecule has 0 fully saturated rings. The van der Waals surface area contributed by atoms with Crippen LogP contribution in [0.15, 0.2) is 192 Å². The summed E-state index contributed by atoms with van der Waals surface area (Å²) in [6.45, 7) is 0. The maximum atomic E-state index is 5.62. The Hall–Kier alpha value is -6.22. The summed E-state index contributed by atoms with van der Waals surface area (Å²) in [6.07, 6.45) is 12.8. The van der Waals surface area contributed by atoms with Gasteiger partial charge in [0.2, 0.25) is 0 Å². The quantitative estimate of drug-likeness (QED) is 0.169. The minimum Gasteiger partial charge on any atom is -0.472 e. The molecule has 11 rings (SSSR count). The fraction of sp³-hybridized carbons (Fsp3) is 0.0400. The van der Waals surface area contributed by atoms with Gasteiger partial charge in [0.25, 0.3) is 0 Å². The van der Waals surface area contributed by atoms with Gasteiger partial charge >= 0.3 is 0 Å². The molecule has 2 heteroatoms. The third kappa shape index (κ3) is 4.28. The van der Waals surface area contributed by atoms with Crippen LogP contribution in [-0.2, 0) is 0 Å². The Morgan fingerprint density at radius 1 is 0.500 bits per heavy atom. The second kappa shape index (κ2) is 11.7. The lowest BCUT2D eigenvalue weighted by Gasteiger charge is -2.36. The van der Waals surface area contributed by atoms with Crippen molar-refractivity contribution in [1.82, 2.24) is 0 Å². The van der Waals surface area contributed by atoms with E-state index in [1.807, 2.05) is 17.6 Å². The Morgan fingerprint density at radius 3 is 1.92 bits per heavy atom. The van der Waals surface area contributed by atoms with Crippen LogP contribution in [0.4, 0.5) is 0 Å². The number of allylic oxidation sites excluding steroid dienone is 5. The third-order valence-electron chi connectivity index (χ3n) is 11.2. The molecule has 2 aliphatic rings. The summed E-state index contributed by atoms with van der Waals surface area (Å²) in [5.74, 6) is 0.368. The largest absolute Gasteiger partial charge is 0.472 e. The first-order valence-electron chi connectivity index (χ1n) is 18.0. The van der Waals surface area contributed by atoms with Crippen molar-refractivity contribution >= 4 is 58.6 Å². The second-order valence-corrected chi connectivity index (χ2v) is 14.9. The predicted molar refractivity (Wildman–Crippen MR) is 220 cm³/mol. The monoisotopic (exact) mass is 680 g/mol. The van der Waals surface area contributed by atoms with Crippen LogP contribution in [0.3, 0.4) is 0 Å². The molecule has 52 heavy (non-hydrogen) atoms. The van der Waals surface area contributed by atoms with Gasteiger partial charge in [-0.3, -0.25) is 0 Å². The van der Waals surface area contributed by atoms with Crippen LogP contribution >= 0.6 is 11.3 Å². The molecule has 0 radical (unpaired) electrons. The molecule has 0 bridgehead atoms. The first kappa shape index (κ1) is 29.5. The van der Waals surface area contributed by atoms with Crippen LogP contribution in [0.1, 0.15) is 28.2 Å². The fourth-order valence-corrected chi connectivity index (χ4v) is 10.5. The minimum atomic E-state index is 0.167. The van der Waals surface area contributed by atoms with Gasteiger partial charge < -0.3 is 4.42 Å². The average molecular weight is 681 g/mol. The van der Waals surface area contributed by atoms with Gasteiger partial charge in [0.1, 0.15) is 0 Å². The van der Waals surface area contributed by atoms with Crippen molar-refractivity contribution < 1.29 is 4.42 Å². The summed E-state index contributed by atoms with van der Waals surface area (Å²) in [7, 11) is 0. The smallest absolute Gasteiger partial charge is 0.0981 e. The number of hydrogen-bond donors (Lipinski definition) is 0. The molecule has 2 atom stereocenters. The van der Waals surface area contributed by atoms with E-state index >= 15 is 0 Å². The molecule has 2 unspecified atom stereocenters. The molecule has 2 aromatic heterocycles. The molecule has 0 spiro atoms. The van der Waals surface area contributed by atoms with Crippen LogP contribution < -0.4 is 0 Å². The highest BCUT2D eigenvalue weighted by Gasteiger charge is 2.37. The van der Waals surface area contributed by atoms with E-state index in [0.29, 0.717) is 0 Å². The Bertz CT molecular complexity index is 2900. The van der Waals surface area contributed by atoms with Crippen molar-refractivity contribution in [2.75, 3.05) is 0 Å². The van der Waals surface area contributed by atoms with E-state index in [4.69, 9.17) is 4.42 Å². The standard InChI is InChI=1S/C50H32OS/c1-2-14-31(15-3-1)45-33-16-4-10-22-39(33)48(40-23-11-5-17-34(40)45)42-25-12-26-43-49-41(24-13-27-44(49)52-50(42)43)47-37-20-8-6-18-35(37)46(32-28-29-51-30-32)36-19-7-9-21-38(36)47/h1-30,37,47H. The summed E-state index contributed by atoms with van der Waals surface area (Å²) in [5, 5.41) is 7.83. The van der Waals surface area contributed by atoms with Gasteiger partial charge in [-0.05, 0) is 78.2 Å². The summed E-state index contributed by atoms with van der Waals surface area (Å²) < 4.78 is 8.29. The lowest BCUT2D eigenvalue weighted by molar-refractivity contribution is 0.566. The van der Waals surface area contributed by atoms with E-state index in [9.17, 15) is 0 Å². The van der Waals surface area contributed by atoms with Crippen LogP contribution in [-0.4, -0.2) is 0 Å². The van der Waals surface area contributed by atoms with Gasteiger partial charge in [0.05, 0.1) is 12.5 Å². The van der Waals surface area contributed by atoms with Gasteiger partial charge in [-0.1, -0.05) is 158 Å². The molecule has 244 valence electrons. The third-order valence-corrected chi connectivity index (χ3v) is 12.4. The topological polar surface area (TPSA) is 13.1 Å². The summed E-state index contributed by atoms with van der Waals surface area (Å²) in [5.41, 5.74) is 12.9. The summed E-state index contributed by atoms with van der Waals surface area (Å²) >= 11 is 1.93. The van der Waals surface area contributed by atoms with Crippen LogP contribution in [0.25, 0.3) is 69.5 Å². The van der Waals surface area contributed by atoms with Crippen molar-refractivity contribution in [3.63, 3.8) is 0 Å². The lowest BCUT2D eigenvalue weighted by Crippen LogP contribution is -2.22. The Morgan fingerprint density at radius 2 is 1.15 bits per heavy atom. The molecule has 0 amide bonds. The van der Waals surface area contributed by atoms with E-state index in [1.54, 1.807) is 6.26 Å². The van der Waals surface area contributed by atoms with Crippen molar-refractivity contribution in [2.24, 2.45) is 5.92 Å². The Kier molecular flexibility index (Phi) is 6.62. The van der Waals surface area contributed by atoms with Crippen LogP contribution in [0.2, 0.25) is 0 Å². The molecule has 0 saturated heterocycles. The number of benzene rings is 7. The molecule has 0 saturated carbocycles. The van der Waals surface area contributed by atoms with E-state index in [-0.39, 0.29) is 11.8 Å². The van der Waals surface area contributed by atoms with Gasteiger partial charge in [-0.2, -0.15) is 0 Å². The molecule has 9 aromatic rings. The number of furan rings is 1. The molecular weight excluding hydrogens is 649 g/mol. The van der Waals surface area contributed by atoms with E-state index in [0.717, 1.165) is 5.56 Å². The van der Waals surface area contributed by atoms with Crippen molar-refractivity contribution in [2.45, 2.75) is 5.92 Å². The first-order valence-corrected chi connectivity index (χ1v) is 18.8. The molecule has 0 N–H and O–H groups in total. The highest BCUT2D eigenvalue weighted by atomic mass is 32.1. The molecule has 2 heterocycles. The minimum absolute atomic E-state index is 0.167. The van der Waals surface area contributed by atoms with Gasteiger partial charge in [0.15, 0.2) is 0 Å². The maximum Gasteiger partial charge on any atom is 0.0981 e. The second-order valence-electron chi connectivity index (χ2n) is 13.9. The maximum absolute atomic E-state index is 5.62. The first-order chi connectivity index (χ1) is 25.8. The molecule has 7 aromatic carbocycles. The zero-order chi connectivity index (χ0) is 34.2. The predicted octanol–water partition coefficient (Wildman–Crippen LogP) is 14.0. The zero-order valence-corrected chi connectivity index (χ0v) is 29.1. The van der Waals surface area contributed by atoms with E-state index in [1.165, 1.54) is 91.8 Å². The number of rotatable bonds is 4. The lowest BCUT2D eigenvalue weighted by atomic mass is 9.66. The molecule has 0 aliphatic heterocycles. The Balaban J connectivity index is 1.19. The van der Waals surface area contributed by atoms with Gasteiger partial charge in [0, 0.05) is 43.1 Å². The van der Waals surface area contributed by atoms with Crippen molar-refractivity contribution in [3.05, 3.63) is 210 Å². The number of fused-ring (bicyclic) bond motifs is 7. The normalized spacial score (nSPS) is 16.6. The zero-order valence-electron chi connectivity index (χ0n) is 28.3. The van der Waals surface area contributed by atoms with E-state index < -0.39 is 0 Å². The Labute approximate surface area is 306 Å². The molecule has 1 nitrogen and oxygen atoms in total.